The van der Waals surface area contributed by atoms with Crippen molar-refractivity contribution < 1.29 is 0 Å². The van der Waals surface area contributed by atoms with Gasteiger partial charge in [-0.15, -0.1) is 11.6 Å². The van der Waals surface area contributed by atoms with Crippen LogP contribution < -0.4 is 0 Å². The molecule has 0 N–H and O–H groups in total. The summed E-state index contributed by atoms with van der Waals surface area (Å²) in [5, 5.41) is 0.515. The van der Waals surface area contributed by atoms with Gasteiger partial charge in [-0.1, -0.05) is 51.8 Å². The van der Waals surface area contributed by atoms with Gasteiger partial charge in [0.25, 0.3) is 0 Å². The molecule has 0 nitrogen and oxygen atoms in total. The van der Waals surface area contributed by atoms with E-state index >= 15 is 0 Å². The molecule has 2 aromatic carbocycles. The van der Waals surface area contributed by atoms with Gasteiger partial charge in [0.15, 0.2) is 0 Å². The fraction of sp³-hybridized carbons (Fsp3) is 0.250. The number of aryl methyl sites for hydroxylation is 2. The zero-order valence-corrected chi connectivity index (χ0v) is 13.4. The largest absolute Gasteiger partial charge is 0.113 e. The molecule has 0 saturated heterocycles. The lowest BCUT2D eigenvalue weighted by Gasteiger charge is -2.14. The summed E-state index contributed by atoms with van der Waals surface area (Å²) in [6, 6.07) is 12.4. The second-order valence-electron chi connectivity index (χ2n) is 4.91. The van der Waals surface area contributed by atoms with E-state index in [2.05, 4.69) is 34.1 Å². The molecule has 0 amide bonds. The van der Waals surface area contributed by atoms with Gasteiger partial charge in [0.05, 0.1) is 5.38 Å². The highest BCUT2D eigenvalue weighted by Gasteiger charge is 2.17. The van der Waals surface area contributed by atoms with Crippen molar-refractivity contribution in [2.24, 2.45) is 0 Å². The predicted molar refractivity (Wildman–Crippen MR) is 85.3 cm³/mol. The van der Waals surface area contributed by atoms with Gasteiger partial charge in [0.1, 0.15) is 0 Å². The molecule has 3 rings (SSSR count). The Labute approximate surface area is 131 Å². The standard InChI is InChI=1S/C16H13BrCl2/c17-13-6-7-14(15(18)9-13)16(19)12-5-4-10-2-1-3-11(10)8-12/h4-9,16H,1-3H2. The molecule has 98 valence electrons. The summed E-state index contributed by atoms with van der Waals surface area (Å²) in [4.78, 5) is 0. The van der Waals surface area contributed by atoms with Crippen LogP contribution in [0, 0.1) is 0 Å². The van der Waals surface area contributed by atoms with Crippen molar-refractivity contribution in [3.05, 3.63) is 68.1 Å². The number of hydrogen-bond acceptors (Lipinski definition) is 0. The molecule has 1 aliphatic carbocycles. The van der Waals surface area contributed by atoms with Gasteiger partial charge in [0.2, 0.25) is 0 Å². The zero-order valence-electron chi connectivity index (χ0n) is 10.3. The smallest absolute Gasteiger partial charge is 0.0849 e. The third-order valence-corrected chi connectivity index (χ3v) is 4.96. The minimum Gasteiger partial charge on any atom is -0.113 e. The van der Waals surface area contributed by atoms with Crippen molar-refractivity contribution in [2.45, 2.75) is 24.6 Å². The summed E-state index contributed by atoms with van der Waals surface area (Å²) in [7, 11) is 0. The number of rotatable bonds is 2. The van der Waals surface area contributed by atoms with Crippen LogP contribution in [0.25, 0.3) is 0 Å². The molecule has 0 saturated carbocycles. The monoisotopic (exact) mass is 354 g/mol. The van der Waals surface area contributed by atoms with E-state index < -0.39 is 0 Å². The van der Waals surface area contributed by atoms with Gasteiger partial charge < -0.3 is 0 Å². The number of alkyl halides is 1. The molecule has 0 radical (unpaired) electrons. The topological polar surface area (TPSA) is 0 Å². The first-order valence-corrected chi connectivity index (χ1v) is 7.96. The summed E-state index contributed by atoms with van der Waals surface area (Å²) in [6.07, 6.45) is 3.62. The summed E-state index contributed by atoms with van der Waals surface area (Å²) in [5.41, 5.74) is 5.00. The molecule has 1 aliphatic rings. The maximum absolute atomic E-state index is 6.59. The Kier molecular flexibility index (Phi) is 3.88. The zero-order chi connectivity index (χ0) is 13.4. The Morgan fingerprint density at radius 1 is 1.00 bits per heavy atom. The highest BCUT2D eigenvalue weighted by Crippen LogP contribution is 2.36. The van der Waals surface area contributed by atoms with E-state index in [4.69, 9.17) is 23.2 Å². The summed E-state index contributed by atoms with van der Waals surface area (Å²) in [6.45, 7) is 0. The molecule has 0 spiro atoms. The van der Waals surface area contributed by atoms with Crippen molar-refractivity contribution >= 4 is 39.1 Å². The summed E-state index contributed by atoms with van der Waals surface area (Å²) < 4.78 is 0.971. The lowest BCUT2D eigenvalue weighted by Crippen LogP contribution is -1.96. The fourth-order valence-corrected chi connectivity index (χ4v) is 3.80. The average molecular weight is 356 g/mol. The van der Waals surface area contributed by atoms with Crippen LogP contribution in [-0.4, -0.2) is 0 Å². The Morgan fingerprint density at radius 2 is 1.79 bits per heavy atom. The second kappa shape index (κ2) is 5.47. The fourth-order valence-electron chi connectivity index (χ4n) is 2.64. The number of benzene rings is 2. The lowest BCUT2D eigenvalue weighted by atomic mass is 10.00. The third kappa shape index (κ3) is 2.69. The highest BCUT2D eigenvalue weighted by atomic mass is 79.9. The van der Waals surface area contributed by atoms with Gasteiger partial charge in [-0.3, -0.25) is 0 Å². The SMILES string of the molecule is Clc1cc(Br)ccc1C(Cl)c1ccc2c(c1)CCC2. The molecule has 1 unspecified atom stereocenters. The molecular formula is C16H13BrCl2. The average Bonchev–Trinajstić information content (AvgIpc) is 2.85. The molecule has 19 heavy (non-hydrogen) atoms. The van der Waals surface area contributed by atoms with Crippen molar-refractivity contribution in [1.82, 2.24) is 0 Å². The van der Waals surface area contributed by atoms with Crippen molar-refractivity contribution in [1.29, 1.82) is 0 Å². The minimum absolute atomic E-state index is 0.188. The summed E-state index contributed by atoms with van der Waals surface area (Å²) >= 11 is 16.3. The molecule has 0 bridgehead atoms. The Balaban J connectivity index is 1.97. The molecule has 1 atom stereocenters. The van der Waals surface area contributed by atoms with Crippen molar-refractivity contribution in [2.75, 3.05) is 0 Å². The highest BCUT2D eigenvalue weighted by molar-refractivity contribution is 9.10. The van der Waals surface area contributed by atoms with Gasteiger partial charge >= 0.3 is 0 Å². The Morgan fingerprint density at radius 3 is 2.58 bits per heavy atom. The van der Waals surface area contributed by atoms with Gasteiger partial charge in [-0.2, -0.15) is 0 Å². The van der Waals surface area contributed by atoms with E-state index in [1.807, 2.05) is 18.2 Å². The molecule has 0 aliphatic heterocycles. The van der Waals surface area contributed by atoms with Crippen LogP contribution in [0.3, 0.4) is 0 Å². The van der Waals surface area contributed by atoms with Gasteiger partial charge in [0, 0.05) is 9.50 Å². The van der Waals surface area contributed by atoms with E-state index in [1.165, 1.54) is 30.4 Å². The van der Waals surface area contributed by atoms with Crippen molar-refractivity contribution in [3.63, 3.8) is 0 Å². The predicted octanol–water partition coefficient (Wildman–Crippen LogP) is 5.92. The Bertz CT molecular complexity index is 622. The van der Waals surface area contributed by atoms with Gasteiger partial charge in [-0.05, 0) is 53.6 Å². The van der Waals surface area contributed by atoms with Crippen LogP contribution in [0.5, 0.6) is 0 Å². The minimum atomic E-state index is -0.188. The van der Waals surface area contributed by atoms with Crippen molar-refractivity contribution in [3.8, 4) is 0 Å². The molecule has 3 heteroatoms. The second-order valence-corrected chi connectivity index (χ2v) is 6.67. The molecule has 0 fully saturated rings. The van der Waals surface area contributed by atoms with Crippen LogP contribution in [0.15, 0.2) is 40.9 Å². The maximum atomic E-state index is 6.59. The van der Waals surface area contributed by atoms with Crippen LogP contribution >= 0.6 is 39.1 Å². The molecule has 2 aromatic rings. The number of halogens is 3. The normalized spacial score (nSPS) is 15.3. The van der Waals surface area contributed by atoms with E-state index in [0.717, 1.165) is 15.6 Å². The maximum Gasteiger partial charge on any atom is 0.0849 e. The van der Waals surface area contributed by atoms with Crippen LogP contribution in [0.2, 0.25) is 5.02 Å². The third-order valence-electron chi connectivity index (χ3n) is 3.65. The van der Waals surface area contributed by atoms with E-state index in [0.29, 0.717) is 5.02 Å². The molecular weight excluding hydrogens is 343 g/mol. The van der Waals surface area contributed by atoms with Gasteiger partial charge in [-0.25, -0.2) is 0 Å². The molecule has 0 aromatic heterocycles. The number of hydrogen-bond donors (Lipinski definition) is 0. The quantitative estimate of drug-likeness (QED) is 0.586. The Hall–Kier alpha value is -0.500. The first kappa shape index (κ1) is 13.5. The van der Waals surface area contributed by atoms with E-state index in [9.17, 15) is 0 Å². The number of fused-ring (bicyclic) bond motifs is 1. The summed E-state index contributed by atoms with van der Waals surface area (Å²) in [5.74, 6) is 0. The van der Waals surface area contributed by atoms with Crippen LogP contribution in [-0.2, 0) is 12.8 Å². The van der Waals surface area contributed by atoms with Crippen LogP contribution in [0.1, 0.15) is 34.1 Å². The van der Waals surface area contributed by atoms with E-state index in [-0.39, 0.29) is 5.38 Å². The molecule has 0 heterocycles. The first-order valence-electron chi connectivity index (χ1n) is 6.36. The lowest BCUT2D eigenvalue weighted by molar-refractivity contribution is 0.911. The first-order chi connectivity index (χ1) is 9.15. The van der Waals surface area contributed by atoms with E-state index in [1.54, 1.807) is 0 Å². The van der Waals surface area contributed by atoms with Crippen LogP contribution in [0.4, 0.5) is 0 Å².